The van der Waals surface area contributed by atoms with E-state index in [-0.39, 0.29) is 0 Å². The average molecular weight is 169 g/mol. The Balaban J connectivity index is 2.50. The van der Waals surface area contributed by atoms with E-state index in [1.54, 1.807) is 11.3 Å². The summed E-state index contributed by atoms with van der Waals surface area (Å²) in [5, 5.41) is 6.93. The van der Waals surface area contributed by atoms with E-state index < -0.39 is 0 Å². The molecule has 0 aliphatic heterocycles. The average Bonchev–Trinajstić information content (AvgIpc) is 2.40. The van der Waals surface area contributed by atoms with Crippen molar-refractivity contribution in [2.24, 2.45) is 10.7 Å². The molecule has 0 spiro atoms. The van der Waals surface area contributed by atoms with E-state index >= 15 is 0 Å². The van der Waals surface area contributed by atoms with Crippen LogP contribution < -0.4 is 11.1 Å². The summed E-state index contributed by atoms with van der Waals surface area (Å²) in [6, 6.07) is 1.96. The van der Waals surface area contributed by atoms with Crippen molar-refractivity contribution >= 4 is 23.0 Å². The number of thiophene rings is 1. The van der Waals surface area contributed by atoms with Crippen molar-refractivity contribution in [3.63, 3.8) is 0 Å². The fourth-order valence-corrected chi connectivity index (χ4v) is 1.28. The lowest BCUT2D eigenvalue weighted by atomic mass is 10.5. The minimum atomic E-state index is 0.478. The van der Waals surface area contributed by atoms with Crippen LogP contribution >= 0.6 is 11.3 Å². The zero-order valence-electron chi connectivity index (χ0n) is 6.37. The molecule has 11 heavy (non-hydrogen) atoms. The van der Waals surface area contributed by atoms with Crippen LogP contribution in [0.25, 0.3) is 0 Å². The molecule has 1 aromatic heterocycles. The number of nitrogens with one attached hydrogen (secondary N) is 1. The van der Waals surface area contributed by atoms with E-state index in [9.17, 15) is 0 Å². The maximum Gasteiger partial charge on any atom is 0.193 e. The highest BCUT2D eigenvalue weighted by atomic mass is 32.1. The van der Waals surface area contributed by atoms with Gasteiger partial charge in [-0.15, -0.1) is 0 Å². The predicted molar refractivity (Wildman–Crippen MR) is 50.1 cm³/mol. The van der Waals surface area contributed by atoms with Gasteiger partial charge in [0.15, 0.2) is 5.96 Å². The van der Waals surface area contributed by atoms with Gasteiger partial charge in [0.05, 0.1) is 5.69 Å². The van der Waals surface area contributed by atoms with Crippen molar-refractivity contribution in [1.82, 2.24) is 0 Å². The first kappa shape index (κ1) is 8.07. The fourth-order valence-electron chi connectivity index (χ4n) is 0.693. The number of aliphatic imine (C=N–C) groups is 1. The minimum absolute atomic E-state index is 0.478. The number of nitrogens with two attached hydrogens (primary N) is 1. The summed E-state index contributed by atoms with van der Waals surface area (Å²) in [4.78, 5) is 3.99. The number of anilines is 1. The molecule has 0 fully saturated rings. The van der Waals surface area contributed by atoms with Gasteiger partial charge >= 0.3 is 0 Å². The van der Waals surface area contributed by atoms with Gasteiger partial charge in [0.2, 0.25) is 0 Å². The van der Waals surface area contributed by atoms with Crippen LogP contribution in [0.2, 0.25) is 0 Å². The van der Waals surface area contributed by atoms with Gasteiger partial charge in [-0.05, 0) is 18.4 Å². The molecule has 0 aliphatic carbocycles. The summed E-state index contributed by atoms with van der Waals surface area (Å²) >= 11 is 1.63. The molecule has 0 unspecified atom stereocenters. The van der Waals surface area contributed by atoms with Crippen molar-refractivity contribution in [1.29, 1.82) is 0 Å². The molecule has 0 amide bonds. The van der Waals surface area contributed by atoms with Gasteiger partial charge in [0.25, 0.3) is 0 Å². The summed E-state index contributed by atoms with van der Waals surface area (Å²) in [5.74, 6) is 0.478. The summed E-state index contributed by atoms with van der Waals surface area (Å²) in [6.07, 6.45) is 0. The number of rotatable bonds is 2. The molecule has 0 bridgehead atoms. The topological polar surface area (TPSA) is 50.4 Å². The SMILES string of the molecule is CCN=C(N)Nc1ccsc1. The first-order chi connectivity index (χ1) is 5.33. The Morgan fingerprint density at radius 1 is 1.82 bits per heavy atom. The molecule has 0 aromatic carbocycles. The molecule has 0 radical (unpaired) electrons. The predicted octanol–water partition coefficient (Wildman–Crippen LogP) is 1.49. The minimum Gasteiger partial charge on any atom is -0.370 e. The number of nitrogens with zero attached hydrogens (tertiary/aromatic N) is 1. The molecule has 0 saturated carbocycles. The molecule has 60 valence electrons. The van der Waals surface area contributed by atoms with Crippen LogP contribution in [0.1, 0.15) is 6.92 Å². The number of hydrogen-bond donors (Lipinski definition) is 2. The normalized spacial score (nSPS) is 11.5. The van der Waals surface area contributed by atoms with Gasteiger partial charge in [-0.3, -0.25) is 4.99 Å². The maximum absolute atomic E-state index is 5.52. The van der Waals surface area contributed by atoms with E-state index in [0.29, 0.717) is 12.5 Å². The summed E-state index contributed by atoms with van der Waals surface area (Å²) in [7, 11) is 0. The highest BCUT2D eigenvalue weighted by molar-refractivity contribution is 7.08. The lowest BCUT2D eigenvalue weighted by Crippen LogP contribution is -2.22. The smallest absolute Gasteiger partial charge is 0.193 e. The Labute approximate surface area is 70.0 Å². The fraction of sp³-hybridized carbons (Fsp3) is 0.286. The van der Waals surface area contributed by atoms with Gasteiger partial charge in [-0.25, -0.2) is 0 Å². The molecular formula is C7H11N3S. The molecule has 0 atom stereocenters. The van der Waals surface area contributed by atoms with Crippen LogP contribution in [0, 0.1) is 0 Å². The van der Waals surface area contributed by atoms with Crippen molar-refractivity contribution in [3.8, 4) is 0 Å². The van der Waals surface area contributed by atoms with E-state index in [0.717, 1.165) is 5.69 Å². The van der Waals surface area contributed by atoms with Crippen molar-refractivity contribution in [3.05, 3.63) is 16.8 Å². The van der Waals surface area contributed by atoms with E-state index in [1.807, 2.05) is 23.8 Å². The largest absolute Gasteiger partial charge is 0.370 e. The lowest BCUT2D eigenvalue weighted by molar-refractivity contribution is 1.12. The number of guanidine groups is 1. The Morgan fingerprint density at radius 2 is 2.64 bits per heavy atom. The molecular weight excluding hydrogens is 158 g/mol. The highest BCUT2D eigenvalue weighted by Gasteiger charge is 1.91. The van der Waals surface area contributed by atoms with Crippen LogP contribution in [0.5, 0.6) is 0 Å². The van der Waals surface area contributed by atoms with E-state index in [4.69, 9.17) is 5.73 Å². The molecule has 0 saturated heterocycles. The lowest BCUT2D eigenvalue weighted by Gasteiger charge is -2.00. The quantitative estimate of drug-likeness (QED) is 0.520. The summed E-state index contributed by atoms with van der Waals surface area (Å²) in [6.45, 7) is 2.66. The molecule has 0 aliphatic rings. The maximum atomic E-state index is 5.52. The first-order valence-electron chi connectivity index (χ1n) is 3.42. The molecule has 3 N–H and O–H groups in total. The molecule has 3 nitrogen and oxygen atoms in total. The van der Waals surface area contributed by atoms with Crippen LogP contribution in [-0.4, -0.2) is 12.5 Å². The van der Waals surface area contributed by atoms with Crippen LogP contribution in [-0.2, 0) is 0 Å². The van der Waals surface area contributed by atoms with Crippen molar-refractivity contribution in [2.45, 2.75) is 6.92 Å². The summed E-state index contributed by atoms with van der Waals surface area (Å²) < 4.78 is 0. The van der Waals surface area contributed by atoms with Gasteiger partial charge in [0, 0.05) is 11.9 Å². The van der Waals surface area contributed by atoms with Gasteiger partial charge in [-0.2, -0.15) is 11.3 Å². The molecule has 1 rings (SSSR count). The monoisotopic (exact) mass is 169 g/mol. The van der Waals surface area contributed by atoms with Gasteiger partial charge in [-0.1, -0.05) is 0 Å². The van der Waals surface area contributed by atoms with E-state index in [2.05, 4.69) is 10.3 Å². The summed E-state index contributed by atoms with van der Waals surface area (Å²) in [5.41, 5.74) is 6.52. The van der Waals surface area contributed by atoms with Gasteiger partial charge in [0.1, 0.15) is 0 Å². The zero-order valence-corrected chi connectivity index (χ0v) is 7.19. The van der Waals surface area contributed by atoms with E-state index in [1.165, 1.54) is 0 Å². The Hall–Kier alpha value is -1.03. The third kappa shape index (κ3) is 2.59. The highest BCUT2D eigenvalue weighted by Crippen LogP contribution is 2.10. The van der Waals surface area contributed by atoms with Crippen LogP contribution in [0.4, 0.5) is 5.69 Å². The van der Waals surface area contributed by atoms with Gasteiger partial charge < -0.3 is 11.1 Å². The third-order valence-corrected chi connectivity index (χ3v) is 1.81. The van der Waals surface area contributed by atoms with Crippen molar-refractivity contribution < 1.29 is 0 Å². The number of hydrogen-bond acceptors (Lipinski definition) is 2. The molecule has 1 aromatic rings. The second-order valence-electron chi connectivity index (χ2n) is 2.00. The Morgan fingerprint density at radius 3 is 3.18 bits per heavy atom. The second kappa shape index (κ2) is 3.98. The van der Waals surface area contributed by atoms with Crippen LogP contribution in [0.3, 0.4) is 0 Å². The Kier molecular flexibility index (Phi) is 2.92. The molecule has 1 heterocycles. The molecule has 4 heteroatoms. The second-order valence-corrected chi connectivity index (χ2v) is 2.78. The first-order valence-corrected chi connectivity index (χ1v) is 4.36. The zero-order chi connectivity index (χ0) is 8.10. The Bertz CT molecular complexity index is 228. The van der Waals surface area contributed by atoms with Crippen molar-refractivity contribution in [2.75, 3.05) is 11.9 Å². The standard InChI is InChI=1S/C7H11N3S/c1-2-9-7(8)10-6-3-4-11-5-6/h3-5H,2H2,1H3,(H3,8,9,10). The third-order valence-electron chi connectivity index (χ3n) is 1.12. The van der Waals surface area contributed by atoms with Crippen LogP contribution in [0.15, 0.2) is 21.8 Å².